The van der Waals surface area contributed by atoms with E-state index in [9.17, 15) is 0 Å². The molecule has 0 amide bonds. The van der Waals surface area contributed by atoms with Crippen LogP contribution in [0.25, 0.3) is 10.9 Å². The lowest BCUT2D eigenvalue weighted by atomic mass is 9.93. The Morgan fingerprint density at radius 1 is 1.29 bits per heavy atom. The number of para-hydroxylation sites is 1. The molecule has 1 heterocycles. The second-order valence-corrected chi connectivity index (χ2v) is 6.14. The summed E-state index contributed by atoms with van der Waals surface area (Å²) in [4.78, 5) is 4.59. The van der Waals surface area contributed by atoms with Crippen molar-refractivity contribution < 1.29 is 4.74 Å². The maximum absolute atomic E-state index is 5.60. The Kier molecular flexibility index (Phi) is 5.32. The van der Waals surface area contributed by atoms with E-state index < -0.39 is 0 Å². The van der Waals surface area contributed by atoms with Gasteiger partial charge >= 0.3 is 0 Å². The van der Waals surface area contributed by atoms with Gasteiger partial charge in [-0.15, -0.1) is 0 Å². The number of rotatable bonds is 7. The molecule has 1 N–H and O–H groups in total. The van der Waals surface area contributed by atoms with Crippen molar-refractivity contribution in [2.45, 2.75) is 45.3 Å². The minimum Gasteiger partial charge on any atom is -0.379 e. The van der Waals surface area contributed by atoms with E-state index in [0.717, 1.165) is 24.9 Å². The molecule has 2 aromatic rings. The van der Waals surface area contributed by atoms with Crippen LogP contribution in [0.3, 0.4) is 0 Å². The van der Waals surface area contributed by atoms with Crippen LogP contribution in [0.4, 0.5) is 0 Å². The van der Waals surface area contributed by atoms with Crippen LogP contribution < -0.4 is 5.32 Å². The molecule has 0 saturated carbocycles. The zero-order chi connectivity index (χ0) is 15.3. The normalized spacial score (nSPS) is 13.5. The number of ether oxygens (including phenoxy) is 1. The zero-order valence-corrected chi connectivity index (χ0v) is 13.5. The smallest absolute Gasteiger partial charge is 0.0702 e. The summed E-state index contributed by atoms with van der Waals surface area (Å²) in [6.07, 6.45) is 4.02. The molecule has 114 valence electrons. The summed E-state index contributed by atoms with van der Waals surface area (Å²) in [5.74, 6) is 0. The van der Waals surface area contributed by atoms with Crippen LogP contribution in [0.2, 0.25) is 0 Å². The summed E-state index contributed by atoms with van der Waals surface area (Å²) in [6.45, 7) is 7.44. The maximum atomic E-state index is 5.60. The van der Waals surface area contributed by atoms with E-state index in [1.165, 1.54) is 10.9 Å². The van der Waals surface area contributed by atoms with Crippen LogP contribution >= 0.6 is 0 Å². The number of fused-ring (bicyclic) bond motifs is 1. The molecule has 0 spiro atoms. The summed E-state index contributed by atoms with van der Waals surface area (Å²) >= 11 is 0. The van der Waals surface area contributed by atoms with Crippen LogP contribution in [-0.4, -0.2) is 24.2 Å². The Balaban J connectivity index is 2.28. The van der Waals surface area contributed by atoms with Gasteiger partial charge in [0.15, 0.2) is 0 Å². The van der Waals surface area contributed by atoms with Gasteiger partial charge in [-0.25, -0.2) is 0 Å². The van der Waals surface area contributed by atoms with Crippen molar-refractivity contribution >= 4 is 10.9 Å². The fraction of sp³-hybridized carbons (Fsp3) is 0.500. The predicted molar refractivity (Wildman–Crippen MR) is 88.5 cm³/mol. The van der Waals surface area contributed by atoms with Gasteiger partial charge in [0.05, 0.1) is 11.1 Å². The van der Waals surface area contributed by atoms with Gasteiger partial charge < -0.3 is 10.1 Å². The molecule has 3 nitrogen and oxygen atoms in total. The predicted octanol–water partition coefficient (Wildman–Crippen LogP) is 4.09. The molecule has 1 aromatic heterocycles. The van der Waals surface area contributed by atoms with Crippen molar-refractivity contribution in [3.63, 3.8) is 0 Å². The van der Waals surface area contributed by atoms with Gasteiger partial charge in [0.1, 0.15) is 0 Å². The third-order valence-corrected chi connectivity index (χ3v) is 3.90. The highest BCUT2D eigenvalue weighted by atomic mass is 16.5. The number of nitrogens with zero attached hydrogens (tertiary/aromatic N) is 1. The van der Waals surface area contributed by atoms with Crippen molar-refractivity contribution in [3.8, 4) is 0 Å². The third kappa shape index (κ3) is 4.26. The van der Waals surface area contributed by atoms with Crippen molar-refractivity contribution in [1.29, 1.82) is 0 Å². The molecule has 0 aliphatic heterocycles. The first-order valence-electron chi connectivity index (χ1n) is 7.69. The summed E-state index contributed by atoms with van der Waals surface area (Å²) in [5.41, 5.74) is 2.12. The zero-order valence-electron chi connectivity index (χ0n) is 13.5. The first-order chi connectivity index (χ1) is 10.1. The van der Waals surface area contributed by atoms with Gasteiger partial charge in [-0.05, 0) is 50.9 Å². The summed E-state index contributed by atoms with van der Waals surface area (Å²) in [5, 5.41) is 4.81. The van der Waals surface area contributed by atoms with Crippen molar-refractivity contribution in [3.05, 3.63) is 42.1 Å². The Hall–Kier alpha value is -1.45. The molecular weight excluding hydrogens is 260 g/mol. The van der Waals surface area contributed by atoms with E-state index in [1.807, 2.05) is 18.3 Å². The highest BCUT2D eigenvalue weighted by Crippen LogP contribution is 2.27. The number of aromatic nitrogens is 1. The minimum atomic E-state index is -0.156. The third-order valence-electron chi connectivity index (χ3n) is 3.90. The van der Waals surface area contributed by atoms with E-state index in [2.05, 4.69) is 49.3 Å². The summed E-state index contributed by atoms with van der Waals surface area (Å²) < 4.78 is 5.60. The lowest BCUT2D eigenvalue weighted by Gasteiger charge is -2.29. The molecule has 0 radical (unpaired) electrons. The molecule has 3 heteroatoms. The molecule has 0 aliphatic rings. The Morgan fingerprint density at radius 3 is 2.76 bits per heavy atom. The first kappa shape index (κ1) is 15.9. The molecule has 1 atom stereocenters. The van der Waals surface area contributed by atoms with Crippen LogP contribution in [0.5, 0.6) is 0 Å². The van der Waals surface area contributed by atoms with E-state index >= 15 is 0 Å². The van der Waals surface area contributed by atoms with E-state index in [4.69, 9.17) is 4.74 Å². The largest absolute Gasteiger partial charge is 0.379 e. The first-order valence-corrected chi connectivity index (χ1v) is 7.69. The van der Waals surface area contributed by atoms with Gasteiger partial charge in [-0.2, -0.15) is 0 Å². The number of methoxy groups -OCH3 is 1. The summed E-state index contributed by atoms with van der Waals surface area (Å²) in [6, 6.07) is 10.7. The van der Waals surface area contributed by atoms with E-state index in [-0.39, 0.29) is 11.6 Å². The average molecular weight is 286 g/mol. The number of benzene rings is 1. The van der Waals surface area contributed by atoms with Gasteiger partial charge in [-0.1, -0.05) is 25.1 Å². The fourth-order valence-corrected chi connectivity index (χ4v) is 2.48. The maximum Gasteiger partial charge on any atom is 0.0702 e. The van der Waals surface area contributed by atoms with Crippen molar-refractivity contribution in [2.24, 2.45) is 0 Å². The second-order valence-electron chi connectivity index (χ2n) is 6.14. The minimum absolute atomic E-state index is 0.156. The van der Waals surface area contributed by atoms with Crippen LogP contribution in [-0.2, 0) is 4.74 Å². The molecule has 0 bridgehead atoms. The Morgan fingerprint density at radius 2 is 2.05 bits per heavy atom. The number of hydrogen-bond acceptors (Lipinski definition) is 3. The van der Waals surface area contributed by atoms with Crippen LogP contribution in [0.15, 0.2) is 36.5 Å². The van der Waals surface area contributed by atoms with Gasteiger partial charge in [0.2, 0.25) is 0 Å². The second kappa shape index (κ2) is 7.01. The summed E-state index contributed by atoms with van der Waals surface area (Å²) in [7, 11) is 1.77. The molecule has 0 saturated heterocycles. The van der Waals surface area contributed by atoms with E-state index in [1.54, 1.807) is 7.11 Å². The molecule has 2 rings (SSSR count). The van der Waals surface area contributed by atoms with Crippen molar-refractivity contribution in [2.75, 3.05) is 13.7 Å². The monoisotopic (exact) mass is 286 g/mol. The van der Waals surface area contributed by atoms with Crippen LogP contribution in [0.1, 0.15) is 45.2 Å². The standard InChI is InChI=1S/C18H26N2O/c1-5-10-19-17(12-18(2,3)21-4)15-11-14-8-6-7-9-16(14)20-13-15/h6-9,11,13,17,19H,5,10,12H2,1-4H3. The molecule has 21 heavy (non-hydrogen) atoms. The lowest BCUT2D eigenvalue weighted by Crippen LogP contribution is -2.32. The van der Waals surface area contributed by atoms with Crippen LogP contribution in [0, 0.1) is 0 Å². The molecule has 0 fully saturated rings. The van der Waals surface area contributed by atoms with Gasteiger partial charge in [0.25, 0.3) is 0 Å². The number of nitrogens with one attached hydrogen (secondary N) is 1. The Bertz CT molecular complexity index is 580. The quantitative estimate of drug-likeness (QED) is 0.832. The molecule has 1 unspecified atom stereocenters. The van der Waals surface area contributed by atoms with Gasteiger partial charge in [-0.3, -0.25) is 4.98 Å². The molecular formula is C18H26N2O. The molecule has 1 aromatic carbocycles. The lowest BCUT2D eigenvalue weighted by molar-refractivity contribution is 0.00683. The van der Waals surface area contributed by atoms with E-state index in [0.29, 0.717) is 0 Å². The highest BCUT2D eigenvalue weighted by molar-refractivity contribution is 5.78. The number of pyridine rings is 1. The molecule has 0 aliphatic carbocycles. The van der Waals surface area contributed by atoms with Gasteiger partial charge in [0, 0.05) is 24.7 Å². The fourth-order valence-electron chi connectivity index (χ4n) is 2.48. The number of hydrogen-bond donors (Lipinski definition) is 1. The van der Waals surface area contributed by atoms with Crippen molar-refractivity contribution in [1.82, 2.24) is 10.3 Å². The topological polar surface area (TPSA) is 34.1 Å². The highest BCUT2D eigenvalue weighted by Gasteiger charge is 2.24. The SMILES string of the molecule is CCCNC(CC(C)(C)OC)c1cnc2ccccc2c1. The average Bonchev–Trinajstić information content (AvgIpc) is 2.51. The Labute approximate surface area is 127 Å².